The van der Waals surface area contributed by atoms with Crippen molar-refractivity contribution < 1.29 is 0 Å². The van der Waals surface area contributed by atoms with Crippen LogP contribution in [-0.4, -0.2) is 0 Å². The SMILES string of the molecule is CC1(c2ccccc2)c2ccccc2-c2c(-c3ccccc3N(c3ccc(-c4cccc5ccccc45)cc3)c3ccc(-c4cccc5ccccc45)cc3)cccc21. The fourth-order valence-electron chi connectivity index (χ4n) is 9.71. The highest BCUT2D eigenvalue weighted by molar-refractivity contribution is 6.01. The number of hydrogen-bond donors (Lipinski definition) is 0. The first-order valence-electron chi connectivity index (χ1n) is 20.5. The van der Waals surface area contributed by atoms with Gasteiger partial charge < -0.3 is 4.90 Å². The molecule has 0 saturated carbocycles. The molecule has 11 rings (SSSR count). The third kappa shape index (κ3) is 5.69. The van der Waals surface area contributed by atoms with Crippen LogP contribution in [0.25, 0.3) is 66.1 Å². The molecule has 0 amide bonds. The summed E-state index contributed by atoms with van der Waals surface area (Å²) in [6.07, 6.45) is 0. The van der Waals surface area contributed by atoms with Gasteiger partial charge >= 0.3 is 0 Å². The van der Waals surface area contributed by atoms with Gasteiger partial charge in [0.15, 0.2) is 0 Å². The summed E-state index contributed by atoms with van der Waals surface area (Å²) in [5.74, 6) is 0. The monoisotopic (exact) mass is 751 g/mol. The average molecular weight is 752 g/mol. The second-order valence-corrected chi connectivity index (χ2v) is 15.8. The molecule has 10 aromatic carbocycles. The molecule has 0 bridgehead atoms. The Morgan fingerprint density at radius 1 is 0.322 bits per heavy atom. The number of nitrogens with zero attached hydrogens (tertiary/aromatic N) is 1. The van der Waals surface area contributed by atoms with Crippen molar-refractivity contribution in [1.82, 2.24) is 0 Å². The molecule has 1 heteroatoms. The van der Waals surface area contributed by atoms with Crippen LogP contribution in [0, 0.1) is 0 Å². The summed E-state index contributed by atoms with van der Waals surface area (Å²) in [6, 6.07) is 84.5. The van der Waals surface area contributed by atoms with E-state index in [1.807, 2.05) is 0 Å². The van der Waals surface area contributed by atoms with E-state index in [0.717, 1.165) is 17.1 Å². The van der Waals surface area contributed by atoms with Crippen molar-refractivity contribution in [3.05, 3.63) is 247 Å². The lowest BCUT2D eigenvalue weighted by Crippen LogP contribution is -2.22. The predicted molar refractivity (Wildman–Crippen MR) is 250 cm³/mol. The third-order valence-corrected chi connectivity index (χ3v) is 12.6. The van der Waals surface area contributed by atoms with Gasteiger partial charge in [-0.25, -0.2) is 0 Å². The maximum absolute atomic E-state index is 2.44. The van der Waals surface area contributed by atoms with Crippen molar-refractivity contribution in [2.45, 2.75) is 12.3 Å². The Hall–Kier alpha value is -7.48. The average Bonchev–Trinajstić information content (AvgIpc) is 3.58. The molecular formula is C58H41N. The summed E-state index contributed by atoms with van der Waals surface area (Å²) < 4.78 is 0. The van der Waals surface area contributed by atoms with Crippen LogP contribution in [0.15, 0.2) is 231 Å². The zero-order chi connectivity index (χ0) is 39.3. The van der Waals surface area contributed by atoms with Gasteiger partial charge in [0.05, 0.1) is 5.69 Å². The number of benzene rings is 10. The van der Waals surface area contributed by atoms with E-state index in [9.17, 15) is 0 Å². The summed E-state index contributed by atoms with van der Waals surface area (Å²) in [7, 11) is 0. The quantitative estimate of drug-likeness (QED) is 0.157. The van der Waals surface area contributed by atoms with E-state index in [1.165, 1.54) is 82.7 Å². The van der Waals surface area contributed by atoms with Crippen LogP contribution < -0.4 is 4.90 Å². The highest BCUT2D eigenvalue weighted by atomic mass is 15.1. The van der Waals surface area contributed by atoms with Crippen LogP contribution in [0.5, 0.6) is 0 Å². The topological polar surface area (TPSA) is 3.24 Å². The molecule has 59 heavy (non-hydrogen) atoms. The van der Waals surface area contributed by atoms with Gasteiger partial charge in [-0.05, 0) is 114 Å². The van der Waals surface area contributed by atoms with Crippen LogP contribution in [0.4, 0.5) is 17.1 Å². The number of hydrogen-bond acceptors (Lipinski definition) is 1. The Bertz CT molecular complexity index is 3030. The first-order valence-corrected chi connectivity index (χ1v) is 20.5. The molecular weight excluding hydrogens is 711 g/mol. The highest BCUT2D eigenvalue weighted by Gasteiger charge is 2.41. The number of anilines is 3. The second-order valence-electron chi connectivity index (χ2n) is 15.8. The van der Waals surface area contributed by atoms with E-state index < -0.39 is 0 Å². The van der Waals surface area contributed by atoms with E-state index in [1.54, 1.807) is 0 Å². The molecule has 1 aliphatic carbocycles. The minimum Gasteiger partial charge on any atom is -0.310 e. The zero-order valence-corrected chi connectivity index (χ0v) is 32.9. The zero-order valence-electron chi connectivity index (χ0n) is 32.9. The van der Waals surface area contributed by atoms with Crippen LogP contribution in [0.1, 0.15) is 23.6 Å². The van der Waals surface area contributed by atoms with Gasteiger partial charge in [-0.2, -0.15) is 0 Å². The Balaban J connectivity index is 1.09. The summed E-state index contributed by atoms with van der Waals surface area (Å²) in [5.41, 5.74) is 16.9. The molecule has 1 atom stereocenters. The molecule has 0 radical (unpaired) electrons. The number of fused-ring (bicyclic) bond motifs is 5. The summed E-state index contributed by atoms with van der Waals surface area (Å²) >= 11 is 0. The first kappa shape index (κ1) is 34.7. The molecule has 0 heterocycles. The van der Waals surface area contributed by atoms with Crippen LogP contribution in [0.2, 0.25) is 0 Å². The summed E-state index contributed by atoms with van der Waals surface area (Å²) in [5, 5.41) is 5.01. The third-order valence-electron chi connectivity index (χ3n) is 12.6. The largest absolute Gasteiger partial charge is 0.310 e. The molecule has 1 nitrogen and oxygen atoms in total. The second kappa shape index (κ2) is 14.2. The van der Waals surface area contributed by atoms with Gasteiger partial charge in [-0.15, -0.1) is 0 Å². The number of rotatable bonds is 7. The Morgan fingerprint density at radius 2 is 0.763 bits per heavy atom. The standard InChI is InChI=1S/C58H41N/c1-58(44-20-3-2-4-21-44)54-29-11-9-25-53(54)57-52(28-15-30-55(57)58)51-24-10-12-31-56(51)59(45-36-32-42(33-37-45)49-26-13-18-40-16-5-7-22-47(40)49)46-38-34-43(35-39-46)50-27-14-19-41-17-6-8-23-48(41)50/h2-39H,1H3. The Kier molecular flexibility index (Phi) is 8.34. The van der Waals surface area contributed by atoms with Crippen molar-refractivity contribution in [1.29, 1.82) is 0 Å². The molecule has 278 valence electrons. The minimum absolute atomic E-state index is 0.285. The first-order chi connectivity index (χ1) is 29.2. The highest BCUT2D eigenvalue weighted by Crippen LogP contribution is 2.56. The normalized spacial score (nSPS) is 14.3. The lowest BCUT2D eigenvalue weighted by Gasteiger charge is -2.30. The van der Waals surface area contributed by atoms with Crippen LogP contribution >= 0.6 is 0 Å². The van der Waals surface area contributed by atoms with Crippen molar-refractivity contribution in [2.75, 3.05) is 4.90 Å². The predicted octanol–water partition coefficient (Wildman–Crippen LogP) is 15.8. The van der Waals surface area contributed by atoms with E-state index in [-0.39, 0.29) is 5.41 Å². The lowest BCUT2D eigenvalue weighted by molar-refractivity contribution is 0.714. The summed E-state index contributed by atoms with van der Waals surface area (Å²) in [6.45, 7) is 2.39. The molecule has 0 spiro atoms. The molecule has 10 aromatic rings. The fourth-order valence-corrected chi connectivity index (χ4v) is 9.71. The molecule has 0 fully saturated rings. The lowest BCUT2D eigenvalue weighted by atomic mass is 9.74. The molecule has 0 aromatic heterocycles. The molecule has 0 aliphatic heterocycles. The maximum Gasteiger partial charge on any atom is 0.0540 e. The van der Waals surface area contributed by atoms with Gasteiger partial charge in [-0.1, -0.05) is 200 Å². The summed E-state index contributed by atoms with van der Waals surface area (Å²) in [4.78, 5) is 2.44. The molecule has 1 aliphatic rings. The van der Waals surface area contributed by atoms with Crippen molar-refractivity contribution >= 4 is 38.6 Å². The van der Waals surface area contributed by atoms with Gasteiger partial charge in [0.1, 0.15) is 0 Å². The fraction of sp³-hybridized carbons (Fsp3) is 0.0345. The van der Waals surface area contributed by atoms with E-state index in [0.29, 0.717) is 0 Å². The van der Waals surface area contributed by atoms with Crippen molar-refractivity contribution in [3.8, 4) is 44.5 Å². The van der Waals surface area contributed by atoms with Gasteiger partial charge in [0.25, 0.3) is 0 Å². The Morgan fingerprint density at radius 3 is 1.39 bits per heavy atom. The van der Waals surface area contributed by atoms with E-state index >= 15 is 0 Å². The smallest absolute Gasteiger partial charge is 0.0540 e. The Labute approximate surface area is 346 Å². The number of para-hydroxylation sites is 1. The van der Waals surface area contributed by atoms with Crippen molar-refractivity contribution in [2.24, 2.45) is 0 Å². The van der Waals surface area contributed by atoms with Gasteiger partial charge in [0.2, 0.25) is 0 Å². The van der Waals surface area contributed by atoms with Gasteiger partial charge in [-0.3, -0.25) is 0 Å². The minimum atomic E-state index is -0.285. The van der Waals surface area contributed by atoms with E-state index in [4.69, 9.17) is 0 Å². The molecule has 0 saturated heterocycles. The molecule has 0 N–H and O–H groups in total. The molecule has 1 unspecified atom stereocenters. The van der Waals surface area contributed by atoms with Gasteiger partial charge in [0, 0.05) is 22.4 Å². The maximum atomic E-state index is 2.44. The van der Waals surface area contributed by atoms with Crippen LogP contribution in [-0.2, 0) is 5.41 Å². The van der Waals surface area contributed by atoms with Crippen molar-refractivity contribution in [3.63, 3.8) is 0 Å². The van der Waals surface area contributed by atoms with E-state index in [2.05, 4.69) is 242 Å². The van der Waals surface area contributed by atoms with Crippen LogP contribution in [0.3, 0.4) is 0 Å².